The lowest BCUT2D eigenvalue weighted by molar-refractivity contribution is 0.545. The Morgan fingerprint density at radius 3 is 1.51 bits per heavy atom. The van der Waals surface area contributed by atoms with Gasteiger partial charge in [0.1, 0.15) is 29.0 Å². The summed E-state index contributed by atoms with van der Waals surface area (Å²) in [6.07, 6.45) is 0. The van der Waals surface area contributed by atoms with Crippen LogP contribution in [0.2, 0.25) is 0 Å². The van der Waals surface area contributed by atoms with E-state index in [1.54, 1.807) is 12.1 Å². The normalized spacial score (nSPS) is 14.3. The maximum atomic E-state index is 15.8. The first kappa shape index (κ1) is 27.1. The van der Waals surface area contributed by atoms with E-state index in [1.165, 1.54) is 59.1 Å². The number of rotatable bonds is 1. The standard InChI is InChI=1S/C36H16B2F6N2S/c39-17-5-8-27-22(11-17)37-21-3-1-2-4-31(21)47-32-16-30-33-36(34(32)37)45(27)28-9-6-18(40)12-23(28)38(33)24-13-19(41)7-10-29(24)46(30)35-25(43)14-20(42)15-26(35)44/h1-16H. The van der Waals surface area contributed by atoms with Crippen molar-refractivity contribution in [1.29, 1.82) is 0 Å². The van der Waals surface area contributed by atoms with Crippen LogP contribution in [0, 0.1) is 34.9 Å². The molecule has 47 heavy (non-hydrogen) atoms. The van der Waals surface area contributed by atoms with Crippen LogP contribution >= 0.6 is 11.8 Å². The molecule has 0 spiro atoms. The van der Waals surface area contributed by atoms with Gasteiger partial charge in [0.2, 0.25) is 6.71 Å². The van der Waals surface area contributed by atoms with Gasteiger partial charge in [-0.3, -0.25) is 0 Å². The molecule has 4 aliphatic heterocycles. The molecule has 0 N–H and O–H groups in total. The second-order valence-electron chi connectivity index (χ2n) is 12.1. The van der Waals surface area contributed by atoms with Crippen molar-refractivity contribution in [3.63, 3.8) is 0 Å². The van der Waals surface area contributed by atoms with Crippen molar-refractivity contribution < 1.29 is 26.3 Å². The van der Waals surface area contributed by atoms with E-state index in [0.29, 0.717) is 51.3 Å². The summed E-state index contributed by atoms with van der Waals surface area (Å²) in [6.45, 7) is -1.13. The number of benzene rings is 6. The first-order valence-corrected chi connectivity index (χ1v) is 15.7. The fourth-order valence-corrected chi connectivity index (χ4v) is 9.18. The number of hydrogen-bond acceptors (Lipinski definition) is 3. The molecule has 224 valence electrons. The van der Waals surface area contributed by atoms with Gasteiger partial charge in [-0.2, -0.15) is 0 Å². The van der Waals surface area contributed by atoms with Crippen molar-refractivity contribution in [3.05, 3.63) is 132 Å². The van der Waals surface area contributed by atoms with Gasteiger partial charge in [-0.15, -0.1) is 0 Å². The molecule has 2 nitrogen and oxygen atoms in total. The summed E-state index contributed by atoms with van der Waals surface area (Å²) in [5, 5.41) is 0. The van der Waals surface area contributed by atoms with Crippen molar-refractivity contribution >= 4 is 92.1 Å². The fourth-order valence-electron chi connectivity index (χ4n) is 7.99. The monoisotopic (exact) mass is 644 g/mol. The zero-order chi connectivity index (χ0) is 31.9. The summed E-state index contributed by atoms with van der Waals surface area (Å²) in [4.78, 5) is 5.06. The van der Waals surface area contributed by atoms with Crippen LogP contribution in [-0.2, 0) is 0 Å². The Balaban J connectivity index is 1.40. The van der Waals surface area contributed by atoms with Crippen LogP contribution in [0.5, 0.6) is 0 Å². The average molecular weight is 644 g/mol. The predicted molar refractivity (Wildman–Crippen MR) is 175 cm³/mol. The van der Waals surface area contributed by atoms with E-state index < -0.39 is 54.0 Å². The van der Waals surface area contributed by atoms with Gasteiger partial charge in [-0.25, -0.2) is 26.3 Å². The van der Waals surface area contributed by atoms with E-state index in [2.05, 4.69) is 0 Å². The van der Waals surface area contributed by atoms with E-state index in [4.69, 9.17) is 0 Å². The van der Waals surface area contributed by atoms with Crippen LogP contribution in [-0.4, -0.2) is 13.4 Å². The number of fused-ring (bicyclic) bond motifs is 10. The molecule has 0 amide bonds. The van der Waals surface area contributed by atoms with E-state index in [-0.39, 0.29) is 5.69 Å². The first-order chi connectivity index (χ1) is 22.8. The third kappa shape index (κ3) is 3.52. The molecule has 0 radical (unpaired) electrons. The summed E-state index contributed by atoms with van der Waals surface area (Å²) < 4.78 is 91.2. The molecule has 0 aliphatic carbocycles. The molecule has 0 bridgehead atoms. The third-order valence-corrected chi connectivity index (χ3v) is 10.8. The van der Waals surface area contributed by atoms with Gasteiger partial charge in [-0.05, 0) is 94.0 Å². The van der Waals surface area contributed by atoms with Gasteiger partial charge in [0.25, 0.3) is 6.71 Å². The van der Waals surface area contributed by atoms with Crippen LogP contribution in [0.1, 0.15) is 0 Å². The zero-order valence-electron chi connectivity index (χ0n) is 24.0. The van der Waals surface area contributed by atoms with Gasteiger partial charge in [0.15, 0.2) is 11.6 Å². The van der Waals surface area contributed by atoms with Crippen LogP contribution in [0.25, 0.3) is 0 Å². The zero-order valence-corrected chi connectivity index (χ0v) is 24.8. The van der Waals surface area contributed by atoms with Crippen LogP contribution in [0.15, 0.2) is 107 Å². The fraction of sp³-hybridized carbons (Fsp3) is 0. The summed E-state index contributed by atoms with van der Waals surface area (Å²) in [5.41, 5.74) is 6.18. The Morgan fingerprint density at radius 1 is 0.426 bits per heavy atom. The van der Waals surface area contributed by atoms with Crippen molar-refractivity contribution in [2.75, 3.05) is 9.80 Å². The second kappa shape index (κ2) is 9.29. The van der Waals surface area contributed by atoms with Crippen molar-refractivity contribution in [2.45, 2.75) is 9.79 Å². The topological polar surface area (TPSA) is 6.48 Å². The second-order valence-corrected chi connectivity index (χ2v) is 13.2. The molecule has 0 fully saturated rings. The van der Waals surface area contributed by atoms with Gasteiger partial charge in [0, 0.05) is 50.4 Å². The Labute approximate surface area is 269 Å². The molecule has 0 unspecified atom stereocenters. The van der Waals surface area contributed by atoms with E-state index in [9.17, 15) is 4.39 Å². The largest absolute Gasteiger partial charge is 0.312 e. The molecule has 6 aromatic carbocycles. The number of nitrogens with zero attached hydrogens (tertiary/aromatic N) is 2. The van der Waals surface area contributed by atoms with Crippen LogP contribution in [0.4, 0.5) is 60.5 Å². The minimum absolute atomic E-state index is 0.278. The van der Waals surface area contributed by atoms with Gasteiger partial charge < -0.3 is 9.80 Å². The van der Waals surface area contributed by atoms with Crippen molar-refractivity contribution in [3.8, 4) is 0 Å². The summed E-state index contributed by atoms with van der Waals surface area (Å²) in [6, 6.07) is 23.9. The molecule has 11 heteroatoms. The Hall–Kier alpha value is -5.02. The highest BCUT2D eigenvalue weighted by Crippen LogP contribution is 2.49. The Morgan fingerprint density at radius 2 is 0.936 bits per heavy atom. The number of anilines is 6. The summed E-state index contributed by atoms with van der Waals surface area (Å²) >= 11 is 1.49. The van der Waals surface area contributed by atoms with E-state index >= 15 is 22.0 Å². The summed E-state index contributed by atoms with van der Waals surface area (Å²) in [5.74, 6) is -4.84. The number of hydrogen-bond donors (Lipinski definition) is 0. The Kier molecular flexibility index (Phi) is 5.36. The maximum absolute atomic E-state index is 15.8. The molecule has 4 aliphatic rings. The molecule has 0 aromatic heterocycles. The lowest BCUT2D eigenvalue weighted by atomic mass is 9.29. The molecular formula is C36H16B2F6N2S. The molecule has 0 atom stereocenters. The molecule has 6 aromatic rings. The quantitative estimate of drug-likeness (QED) is 0.163. The minimum Gasteiger partial charge on any atom is -0.312 e. The molecular weight excluding hydrogens is 628 g/mol. The SMILES string of the molecule is Fc1cc(F)c(N2c3ccc(F)cc3B3c4cc(F)ccc4N4c5ccc(F)cc5B5c6ccccc6Sc6cc2c3c4c65)c(F)c1. The highest BCUT2D eigenvalue weighted by atomic mass is 32.2. The third-order valence-electron chi connectivity index (χ3n) is 9.64. The average Bonchev–Trinajstić information content (AvgIpc) is 3.04. The van der Waals surface area contributed by atoms with Gasteiger partial charge in [-0.1, -0.05) is 35.4 Å². The highest BCUT2D eigenvalue weighted by molar-refractivity contribution is 8.00. The minimum atomic E-state index is -1.13. The maximum Gasteiger partial charge on any atom is 0.252 e. The molecule has 0 saturated carbocycles. The van der Waals surface area contributed by atoms with Crippen LogP contribution < -0.4 is 42.6 Å². The first-order valence-electron chi connectivity index (χ1n) is 14.9. The number of halogens is 6. The predicted octanol–water partition coefficient (Wildman–Crippen LogP) is 5.90. The van der Waals surface area contributed by atoms with Crippen molar-refractivity contribution in [2.24, 2.45) is 0 Å². The molecule has 10 rings (SSSR count). The van der Waals surface area contributed by atoms with Gasteiger partial charge in [0.05, 0.1) is 0 Å². The Bertz CT molecular complexity index is 2400. The molecule has 4 heterocycles. The summed E-state index contributed by atoms with van der Waals surface area (Å²) in [7, 11) is 0. The van der Waals surface area contributed by atoms with E-state index in [1.807, 2.05) is 35.2 Å². The smallest absolute Gasteiger partial charge is 0.252 e. The highest BCUT2D eigenvalue weighted by Gasteiger charge is 2.51. The van der Waals surface area contributed by atoms with Gasteiger partial charge >= 0.3 is 0 Å². The lowest BCUT2D eigenvalue weighted by Gasteiger charge is -2.49. The lowest BCUT2D eigenvalue weighted by Crippen LogP contribution is -2.68. The van der Waals surface area contributed by atoms with Crippen molar-refractivity contribution in [1.82, 2.24) is 0 Å². The molecule has 0 saturated heterocycles. The van der Waals surface area contributed by atoms with Crippen LogP contribution in [0.3, 0.4) is 0 Å². The van der Waals surface area contributed by atoms with E-state index in [0.717, 1.165) is 26.2 Å².